The van der Waals surface area contributed by atoms with Crippen LogP contribution in [-0.2, 0) is 6.54 Å². The molecule has 0 aromatic heterocycles. The second-order valence-electron chi connectivity index (χ2n) is 6.91. The fourth-order valence-corrected chi connectivity index (χ4v) is 3.16. The molecule has 31 heavy (non-hydrogen) atoms. The Morgan fingerprint density at radius 3 is 2.32 bits per heavy atom. The van der Waals surface area contributed by atoms with Gasteiger partial charge in [-0.2, -0.15) is 0 Å². The topological polar surface area (TPSA) is 59.6 Å². The van der Waals surface area contributed by atoms with Gasteiger partial charge < -0.3 is 14.8 Å². The molecule has 0 unspecified atom stereocenters. The van der Waals surface area contributed by atoms with Gasteiger partial charge >= 0.3 is 0 Å². The Morgan fingerprint density at radius 1 is 0.935 bits per heavy atom. The lowest BCUT2D eigenvalue weighted by molar-refractivity contribution is 0.0976. The molecule has 3 rings (SSSR count). The van der Waals surface area contributed by atoms with Crippen LogP contribution in [0.3, 0.4) is 0 Å². The van der Waals surface area contributed by atoms with Crippen LogP contribution in [0.25, 0.3) is 11.1 Å². The number of rotatable bonds is 8. The molecule has 0 aliphatic heterocycles. The average Bonchev–Trinajstić information content (AvgIpc) is 2.82. The molecule has 0 aliphatic rings. The molecule has 6 heteroatoms. The predicted octanol–water partition coefficient (Wildman–Crippen LogP) is 4.96. The second kappa shape index (κ2) is 11.1. The van der Waals surface area contributed by atoms with Gasteiger partial charge in [0.05, 0.1) is 13.7 Å². The van der Waals surface area contributed by atoms with E-state index in [1.54, 1.807) is 19.2 Å². The van der Waals surface area contributed by atoms with Crippen LogP contribution in [0.15, 0.2) is 72.8 Å². The number of nitrogens with one attached hydrogen (secondary N) is 2. The van der Waals surface area contributed by atoms with Crippen molar-refractivity contribution in [1.29, 1.82) is 0 Å². The van der Waals surface area contributed by atoms with Crippen molar-refractivity contribution in [2.45, 2.75) is 19.9 Å². The van der Waals surface area contributed by atoms with Gasteiger partial charge in [0.2, 0.25) is 0 Å². The molecule has 5 nitrogen and oxygen atoms in total. The first-order valence-corrected chi connectivity index (χ1v) is 10.6. The molecule has 3 aromatic carbocycles. The second-order valence-corrected chi connectivity index (χ2v) is 7.32. The summed E-state index contributed by atoms with van der Waals surface area (Å²) in [6.45, 7) is 3.14. The monoisotopic (exact) mass is 434 g/mol. The Morgan fingerprint density at radius 2 is 1.65 bits per heavy atom. The average molecular weight is 435 g/mol. The summed E-state index contributed by atoms with van der Waals surface area (Å²) < 4.78 is 11.1. The minimum Gasteiger partial charge on any atom is -0.493 e. The molecule has 160 valence electrons. The maximum Gasteiger partial charge on any atom is 0.257 e. The fraction of sp³-hybridized carbons (Fsp3) is 0.200. The van der Waals surface area contributed by atoms with E-state index in [1.165, 1.54) is 0 Å². The lowest BCUT2D eigenvalue weighted by atomic mass is 10.0. The summed E-state index contributed by atoms with van der Waals surface area (Å²) in [5.74, 6) is 1.13. The molecule has 0 aliphatic carbocycles. The van der Waals surface area contributed by atoms with Gasteiger partial charge in [-0.25, -0.2) is 0 Å². The third kappa shape index (κ3) is 6.30. The van der Waals surface area contributed by atoms with E-state index in [-0.39, 0.29) is 11.0 Å². The molecule has 0 bridgehead atoms. The quantitative estimate of drug-likeness (QED) is 0.491. The van der Waals surface area contributed by atoms with Crippen molar-refractivity contribution in [3.8, 4) is 22.6 Å². The lowest BCUT2D eigenvalue weighted by Crippen LogP contribution is -2.38. The smallest absolute Gasteiger partial charge is 0.257 e. The third-order valence-electron chi connectivity index (χ3n) is 4.62. The summed E-state index contributed by atoms with van der Waals surface area (Å²) in [7, 11) is 1.61. The van der Waals surface area contributed by atoms with Crippen LogP contribution in [0.2, 0.25) is 0 Å². The van der Waals surface area contributed by atoms with Gasteiger partial charge in [0.25, 0.3) is 5.91 Å². The Labute approximate surface area is 188 Å². The number of amides is 1. The van der Waals surface area contributed by atoms with Crippen molar-refractivity contribution in [1.82, 2.24) is 10.6 Å². The van der Waals surface area contributed by atoms with E-state index in [9.17, 15) is 4.79 Å². The zero-order valence-corrected chi connectivity index (χ0v) is 18.5. The molecule has 2 N–H and O–H groups in total. The standard InChI is InChI=1S/C25H26N2O3S/c1-3-15-30-22-14-9-18(16-23(22)29-2)17-26-25(31)27-24(28)21-12-10-20(11-13-21)19-7-5-4-6-8-19/h4-14,16H,3,15,17H2,1-2H3,(H2,26,27,28,31). The Bertz CT molecular complexity index is 1020. The number of benzene rings is 3. The van der Waals surface area contributed by atoms with Crippen LogP contribution in [0, 0.1) is 0 Å². The highest BCUT2D eigenvalue weighted by Crippen LogP contribution is 2.28. The first kappa shape index (κ1) is 22.3. The first-order chi connectivity index (χ1) is 15.1. The SMILES string of the molecule is CCCOc1ccc(CNC(=S)NC(=O)c2ccc(-c3ccccc3)cc2)cc1OC. The Kier molecular flexibility index (Phi) is 8.01. The van der Waals surface area contributed by atoms with Crippen molar-refractivity contribution >= 4 is 23.2 Å². The van der Waals surface area contributed by atoms with Crippen LogP contribution in [0.5, 0.6) is 11.5 Å². The lowest BCUT2D eigenvalue weighted by Gasteiger charge is -2.13. The van der Waals surface area contributed by atoms with Gasteiger partial charge in [-0.05, 0) is 59.6 Å². The molecule has 3 aromatic rings. The molecule has 0 spiro atoms. The van der Waals surface area contributed by atoms with E-state index in [2.05, 4.69) is 17.6 Å². The van der Waals surface area contributed by atoms with E-state index in [0.717, 1.165) is 23.1 Å². The summed E-state index contributed by atoms with van der Waals surface area (Å²) in [5.41, 5.74) is 3.67. The minimum atomic E-state index is -0.252. The number of ether oxygens (including phenoxy) is 2. The number of carbonyl (C=O) groups excluding carboxylic acids is 1. The van der Waals surface area contributed by atoms with Crippen molar-refractivity contribution in [2.24, 2.45) is 0 Å². The van der Waals surface area contributed by atoms with Crippen molar-refractivity contribution < 1.29 is 14.3 Å². The zero-order valence-electron chi connectivity index (χ0n) is 17.7. The highest BCUT2D eigenvalue weighted by atomic mass is 32.1. The van der Waals surface area contributed by atoms with Gasteiger partial charge in [-0.1, -0.05) is 55.5 Å². The molecular weight excluding hydrogens is 408 g/mol. The summed E-state index contributed by atoms with van der Waals surface area (Å²) in [4.78, 5) is 12.5. The fourth-order valence-electron chi connectivity index (χ4n) is 3.00. The predicted molar refractivity (Wildman–Crippen MR) is 128 cm³/mol. The van der Waals surface area contributed by atoms with E-state index < -0.39 is 0 Å². The highest BCUT2D eigenvalue weighted by Gasteiger charge is 2.10. The molecular formula is C25H26N2O3S. The van der Waals surface area contributed by atoms with E-state index in [0.29, 0.717) is 30.2 Å². The maximum absolute atomic E-state index is 12.5. The molecule has 1 amide bonds. The van der Waals surface area contributed by atoms with Crippen LogP contribution in [0.4, 0.5) is 0 Å². The van der Waals surface area contributed by atoms with Gasteiger partial charge in [0.1, 0.15) is 0 Å². The van der Waals surface area contributed by atoms with E-state index in [1.807, 2.05) is 60.7 Å². The van der Waals surface area contributed by atoms with Gasteiger partial charge in [0.15, 0.2) is 16.6 Å². The van der Waals surface area contributed by atoms with Gasteiger partial charge in [0, 0.05) is 12.1 Å². The van der Waals surface area contributed by atoms with Crippen LogP contribution < -0.4 is 20.1 Å². The van der Waals surface area contributed by atoms with Crippen LogP contribution >= 0.6 is 12.2 Å². The summed E-state index contributed by atoms with van der Waals surface area (Å²) in [6.07, 6.45) is 0.926. The number of methoxy groups -OCH3 is 1. The molecule has 0 radical (unpaired) electrons. The molecule has 0 saturated carbocycles. The van der Waals surface area contributed by atoms with Crippen molar-refractivity contribution in [3.05, 3.63) is 83.9 Å². The van der Waals surface area contributed by atoms with Crippen LogP contribution in [-0.4, -0.2) is 24.7 Å². The number of thiocarbonyl (C=S) groups is 1. The molecule has 0 saturated heterocycles. The largest absolute Gasteiger partial charge is 0.493 e. The molecule has 0 fully saturated rings. The highest BCUT2D eigenvalue weighted by molar-refractivity contribution is 7.80. The Hall–Kier alpha value is -3.38. The normalized spacial score (nSPS) is 10.3. The number of carbonyl (C=O) groups is 1. The number of hydrogen-bond acceptors (Lipinski definition) is 4. The summed E-state index contributed by atoms with van der Waals surface area (Å²) in [5, 5.41) is 6.04. The maximum atomic E-state index is 12.5. The zero-order chi connectivity index (χ0) is 22.1. The molecule has 0 atom stereocenters. The summed E-state index contributed by atoms with van der Waals surface area (Å²) >= 11 is 5.28. The Balaban J connectivity index is 1.54. The van der Waals surface area contributed by atoms with E-state index in [4.69, 9.17) is 21.7 Å². The van der Waals surface area contributed by atoms with Crippen LogP contribution in [0.1, 0.15) is 29.3 Å². The van der Waals surface area contributed by atoms with Gasteiger partial charge in [-0.3, -0.25) is 10.1 Å². The van der Waals surface area contributed by atoms with Crippen molar-refractivity contribution in [2.75, 3.05) is 13.7 Å². The minimum absolute atomic E-state index is 0.252. The van der Waals surface area contributed by atoms with Gasteiger partial charge in [-0.15, -0.1) is 0 Å². The third-order valence-corrected chi connectivity index (χ3v) is 4.87. The first-order valence-electron chi connectivity index (χ1n) is 10.1. The molecule has 0 heterocycles. The van der Waals surface area contributed by atoms with E-state index >= 15 is 0 Å². The summed E-state index contributed by atoms with van der Waals surface area (Å²) in [6, 6.07) is 23.2. The number of hydrogen-bond donors (Lipinski definition) is 2. The van der Waals surface area contributed by atoms with Crippen molar-refractivity contribution in [3.63, 3.8) is 0 Å².